The van der Waals surface area contributed by atoms with Crippen LogP contribution in [0.1, 0.15) is 24.3 Å². The lowest BCUT2D eigenvalue weighted by Gasteiger charge is -2.18. The minimum atomic E-state index is -0.493. The molecule has 0 spiro atoms. The molecule has 0 atom stereocenters. The van der Waals surface area contributed by atoms with Crippen LogP contribution in [0.15, 0.2) is 29.6 Å². The van der Waals surface area contributed by atoms with Crippen molar-refractivity contribution >= 4 is 22.9 Å². The Morgan fingerprint density at radius 3 is 2.59 bits per heavy atom. The van der Waals surface area contributed by atoms with Gasteiger partial charge in [-0.05, 0) is 26.0 Å². The summed E-state index contributed by atoms with van der Waals surface area (Å²) in [5, 5.41) is 15.6. The Kier molecular flexibility index (Phi) is 4.53. The van der Waals surface area contributed by atoms with Gasteiger partial charge in [-0.3, -0.25) is 14.9 Å². The molecule has 2 rings (SSSR count). The highest BCUT2D eigenvalue weighted by molar-refractivity contribution is 7.13. The minimum absolute atomic E-state index is 0.0171. The van der Waals surface area contributed by atoms with Gasteiger partial charge in [-0.2, -0.15) is 0 Å². The van der Waals surface area contributed by atoms with Crippen LogP contribution in [0, 0.1) is 10.1 Å². The first-order valence-corrected chi connectivity index (χ1v) is 7.42. The summed E-state index contributed by atoms with van der Waals surface area (Å²) in [4.78, 5) is 26.4. The molecule has 2 aromatic rings. The van der Waals surface area contributed by atoms with E-state index in [-0.39, 0.29) is 11.6 Å². The maximum absolute atomic E-state index is 12.0. The van der Waals surface area contributed by atoms with Crippen molar-refractivity contribution in [1.29, 1.82) is 0 Å². The molecule has 0 saturated carbocycles. The first-order valence-electron chi connectivity index (χ1n) is 6.54. The van der Waals surface area contributed by atoms with Crippen molar-refractivity contribution in [2.75, 3.05) is 6.54 Å². The zero-order valence-electron chi connectivity index (χ0n) is 12.2. The summed E-state index contributed by atoms with van der Waals surface area (Å²) in [5.74, 6) is -0.289. The summed E-state index contributed by atoms with van der Waals surface area (Å²) in [5.41, 5.74) is 6.37. The Hall–Kier alpha value is -2.32. The number of nitrogens with two attached hydrogens (primary N) is 1. The van der Waals surface area contributed by atoms with E-state index in [1.54, 1.807) is 17.5 Å². The Balaban J connectivity index is 2.10. The Morgan fingerprint density at radius 2 is 2.05 bits per heavy atom. The van der Waals surface area contributed by atoms with Crippen LogP contribution in [-0.2, 0) is 0 Å². The second-order valence-electron chi connectivity index (χ2n) is 5.51. The molecule has 7 nitrogen and oxygen atoms in total. The van der Waals surface area contributed by atoms with E-state index in [1.165, 1.54) is 23.5 Å². The third-order valence-corrected chi connectivity index (χ3v) is 3.66. The monoisotopic (exact) mass is 320 g/mol. The van der Waals surface area contributed by atoms with Gasteiger partial charge in [0.05, 0.1) is 4.92 Å². The summed E-state index contributed by atoms with van der Waals surface area (Å²) in [6.07, 6.45) is 0. The van der Waals surface area contributed by atoms with Crippen molar-refractivity contribution in [2.24, 2.45) is 5.73 Å². The van der Waals surface area contributed by atoms with Crippen molar-refractivity contribution in [3.63, 3.8) is 0 Å². The molecule has 0 fully saturated rings. The molecule has 0 radical (unpaired) electrons. The molecule has 8 heteroatoms. The van der Waals surface area contributed by atoms with Gasteiger partial charge in [-0.1, -0.05) is 0 Å². The largest absolute Gasteiger partial charge is 0.349 e. The van der Waals surface area contributed by atoms with Gasteiger partial charge >= 0.3 is 0 Å². The summed E-state index contributed by atoms with van der Waals surface area (Å²) in [7, 11) is 0. The van der Waals surface area contributed by atoms with Gasteiger partial charge in [0.15, 0.2) is 0 Å². The standard InChI is InChI=1S/C14H16N4O3S/c1-14(2,15)8-16-12(19)11-7-22-13(17-11)9-3-5-10(6-4-9)18(20)21/h3-7H,8,15H2,1-2H3,(H,16,19). The molecule has 0 aliphatic heterocycles. The van der Waals surface area contributed by atoms with Crippen LogP contribution in [0.2, 0.25) is 0 Å². The van der Waals surface area contributed by atoms with Crippen LogP contribution >= 0.6 is 11.3 Å². The van der Waals surface area contributed by atoms with Crippen LogP contribution in [0.5, 0.6) is 0 Å². The number of amides is 1. The fourth-order valence-electron chi connectivity index (χ4n) is 1.63. The first-order chi connectivity index (χ1) is 10.3. The minimum Gasteiger partial charge on any atom is -0.349 e. The highest BCUT2D eigenvalue weighted by Crippen LogP contribution is 2.25. The number of thiazole rings is 1. The summed E-state index contributed by atoms with van der Waals surface area (Å²) in [6.45, 7) is 3.98. The fraction of sp³-hybridized carbons (Fsp3) is 0.286. The van der Waals surface area contributed by atoms with E-state index in [1.807, 2.05) is 13.8 Å². The first kappa shape index (κ1) is 16.1. The molecule has 1 aromatic carbocycles. The van der Waals surface area contributed by atoms with E-state index < -0.39 is 10.5 Å². The van der Waals surface area contributed by atoms with Gasteiger partial charge in [0.25, 0.3) is 11.6 Å². The number of carbonyl (C=O) groups excluding carboxylic acids is 1. The normalized spacial score (nSPS) is 11.2. The molecule has 0 unspecified atom stereocenters. The number of nitrogens with zero attached hydrogens (tertiary/aromatic N) is 2. The number of hydrogen-bond donors (Lipinski definition) is 2. The molecular weight excluding hydrogens is 304 g/mol. The van der Waals surface area contributed by atoms with Gasteiger partial charge in [-0.25, -0.2) is 4.98 Å². The van der Waals surface area contributed by atoms with E-state index >= 15 is 0 Å². The summed E-state index contributed by atoms with van der Waals surface area (Å²) < 4.78 is 0. The van der Waals surface area contributed by atoms with Crippen molar-refractivity contribution in [3.8, 4) is 10.6 Å². The molecule has 1 aromatic heterocycles. The number of nitrogens with one attached hydrogen (secondary N) is 1. The predicted octanol–water partition coefficient (Wildman–Crippen LogP) is 2.19. The number of hydrogen-bond acceptors (Lipinski definition) is 6. The van der Waals surface area contributed by atoms with E-state index in [0.717, 1.165) is 5.56 Å². The molecule has 0 aliphatic carbocycles. The van der Waals surface area contributed by atoms with Crippen LogP contribution in [0.25, 0.3) is 10.6 Å². The summed E-state index contributed by atoms with van der Waals surface area (Å²) in [6, 6.07) is 6.05. The lowest BCUT2D eigenvalue weighted by Crippen LogP contribution is -2.45. The van der Waals surface area contributed by atoms with Crippen LogP contribution in [0.4, 0.5) is 5.69 Å². The van der Waals surface area contributed by atoms with Crippen molar-refractivity contribution in [2.45, 2.75) is 19.4 Å². The Bertz CT molecular complexity index is 689. The SMILES string of the molecule is CC(C)(N)CNC(=O)c1csc(-c2ccc([N+](=O)[O-])cc2)n1. The highest BCUT2D eigenvalue weighted by Gasteiger charge is 2.16. The maximum atomic E-state index is 12.0. The predicted molar refractivity (Wildman–Crippen MR) is 84.8 cm³/mol. The average molecular weight is 320 g/mol. The number of rotatable bonds is 5. The van der Waals surface area contributed by atoms with Gasteiger partial charge in [-0.15, -0.1) is 11.3 Å². The molecule has 0 bridgehead atoms. The van der Waals surface area contributed by atoms with Crippen molar-refractivity contribution in [1.82, 2.24) is 10.3 Å². The Morgan fingerprint density at radius 1 is 1.41 bits per heavy atom. The van der Waals surface area contributed by atoms with Crippen molar-refractivity contribution in [3.05, 3.63) is 45.5 Å². The molecule has 116 valence electrons. The lowest BCUT2D eigenvalue weighted by molar-refractivity contribution is -0.384. The molecule has 3 N–H and O–H groups in total. The number of nitro groups is 1. The topological polar surface area (TPSA) is 111 Å². The molecule has 22 heavy (non-hydrogen) atoms. The number of non-ortho nitro benzene ring substituents is 1. The molecule has 0 aliphatic rings. The smallest absolute Gasteiger partial charge is 0.270 e. The quantitative estimate of drug-likeness (QED) is 0.648. The summed E-state index contributed by atoms with van der Waals surface area (Å²) >= 11 is 1.31. The average Bonchev–Trinajstić information content (AvgIpc) is 2.94. The molecule has 1 amide bonds. The van der Waals surface area contributed by atoms with Gasteiger partial charge < -0.3 is 11.1 Å². The maximum Gasteiger partial charge on any atom is 0.270 e. The van der Waals surface area contributed by atoms with E-state index in [9.17, 15) is 14.9 Å². The van der Waals surface area contributed by atoms with Gasteiger partial charge in [0.1, 0.15) is 10.7 Å². The number of carbonyl (C=O) groups is 1. The zero-order valence-corrected chi connectivity index (χ0v) is 13.0. The van der Waals surface area contributed by atoms with Gasteiger partial charge in [0, 0.05) is 35.2 Å². The second kappa shape index (κ2) is 6.20. The van der Waals surface area contributed by atoms with Crippen LogP contribution < -0.4 is 11.1 Å². The van der Waals surface area contributed by atoms with E-state index in [0.29, 0.717) is 17.2 Å². The van der Waals surface area contributed by atoms with E-state index in [4.69, 9.17) is 5.73 Å². The third-order valence-electron chi connectivity index (χ3n) is 2.77. The molecular formula is C14H16N4O3S. The zero-order chi connectivity index (χ0) is 16.3. The van der Waals surface area contributed by atoms with Crippen molar-refractivity contribution < 1.29 is 9.72 Å². The fourth-order valence-corrected chi connectivity index (χ4v) is 2.44. The van der Waals surface area contributed by atoms with Crippen LogP contribution in [-0.4, -0.2) is 27.9 Å². The number of nitro benzene ring substituents is 1. The molecule has 1 heterocycles. The van der Waals surface area contributed by atoms with Gasteiger partial charge in [0.2, 0.25) is 0 Å². The molecule has 0 saturated heterocycles. The van der Waals surface area contributed by atoms with Crippen LogP contribution in [0.3, 0.4) is 0 Å². The van der Waals surface area contributed by atoms with E-state index in [2.05, 4.69) is 10.3 Å². The number of benzene rings is 1. The lowest BCUT2D eigenvalue weighted by atomic mass is 10.1. The Labute approximate surface area is 131 Å². The highest BCUT2D eigenvalue weighted by atomic mass is 32.1. The number of aromatic nitrogens is 1. The third kappa shape index (κ3) is 4.09. The second-order valence-corrected chi connectivity index (χ2v) is 6.37.